The average molecular weight is 346 g/mol. The molecule has 7 nitrogen and oxygen atoms in total. The van der Waals surface area contributed by atoms with E-state index in [9.17, 15) is 0 Å². The summed E-state index contributed by atoms with van der Waals surface area (Å²) < 4.78 is 16.1. The van der Waals surface area contributed by atoms with Crippen LogP contribution in [0.1, 0.15) is 26.2 Å². The maximum atomic E-state index is 5.37. The van der Waals surface area contributed by atoms with Crippen molar-refractivity contribution in [3.8, 4) is 17.2 Å². The van der Waals surface area contributed by atoms with Crippen LogP contribution >= 0.6 is 0 Å². The number of hydrogen-bond donors (Lipinski definition) is 2. The van der Waals surface area contributed by atoms with Gasteiger partial charge in [-0.05, 0) is 12.5 Å². The number of benzene rings is 1. The van der Waals surface area contributed by atoms with Crippen molar-refractivity contribution in [1.82, 2.24) is 9.97 Å². The van der Waals surface area contributed by atoms with Gasteiger partial charge in [-0.2, -0.15) is 4.98 Å². The van der Waals surface area contributed by atoms with E-state index in [1.807, 2.05) is 12.1 Å². The molecule has 7 heteroatoms. The Morgan fingerprint density at radius 3 is 2.32 bits per heavy atom. The first-order valence-corrected chi connectivity index (χ1v) is 8.35. The number of anilines is 3. The van der Waals surface area contributed by atoms with E-state index in [1.165, 1.54) is 12.8 Å². The lowest BCUT2D eigenvalue weighted by atomic mass is 10.2. The Hall–Kier alpha value is -2.70. The monoisotopic (exact) mass is 346 g/mol. The molecular weight excluding hydrogens is 320 g/mol. The Kier molecular flexibility index (Phi) is 7.13. The minimum atomic E-state index is 0.552. The van der Waals surface area contributed by atoms with E-state index in [1.54, 1.807) is 33.6 Å². The molecule has 0 radical (unpaired) electrons. The van der Waals surface area contributed by atoms with Crippen LogP contribution in [0.15, 0.2) is 24.4 Å². The Balaban J connectivity index is 2.13. The quantitative estimate of drug-likeness (QED) is 0.633. The highest BCUT2D eigenvalue weighted by Gasteiger charge is 2.13. The lowest BCUT2D eigenvalue weighted by molar-refractivity contribution is 0.324. The predicted molar refractivity (Wildman–Crippen MR) is 99.4 cm³/mol. The molecular formula is C18H26N4O3. The number of nitrogens with one attached hydrogen (secondary N) is 2. The molecule has 0 atom stereocenters. The number of aromatic nitrogens is 2. The number of methoxy groups -OCH3 is 3. The first-order chi connectivity index (χ1) is 12.2. The van der Waals surface area contributed by atoms with Crippen LogP contribution in [-0.2, 0) is 0 Å². The third-order valence-corrected chi connectivity index (χ3v) is 3.66. The summed E-state index contributed by atoms with van der Waals surface area (Å²) >= 11 is 0. The largest absolute Gasteiger partial charge is 0.493 e. The molecule has 2 N–H and O–H groups in total. The number of hydrogen-bond acceptors (Lipinski definition) is 7. The predicted octanol–water partition coefficient (Wildman–Crippen LogP) is 3.85. The second kappa shape index (κ2) is 9.56. The summed E-state index contributed by atoms with van der Waals surface area (Å²) in [4.78, 5) is 8.71. The molecule has 1 aromatic carbocycles. The molecule has 1 aromatic heterocycles. The Morgan fingerprint density at radius 1 is 1.00 bits per heavy atom. The van der Waals surface area contributed by atoms with Crippen molar-refractivity contribution < 1.29 is 14.2 Å². The summed E-state index contributed by atoms with van der Waals surface area (Å²) in [7, 11) is 4.75. The summed E-state index contributed by atoms with van der Waals surface area (Å²) in [5.41, 5.74) is 0.783. The lowest BCUT2D eigenvalue weighted by Gasteiger charge is -2.15. The van der Waals surface area contributed by atoms with Crippen molar-refractivity contribution in [1.29, 1.82) is 0 Å². The molecule has 0 bridgehead atoms. The molecule has 0 aliphatic rings. The summed E-state index contributed by atoms with van der Waals surface area (Å²) in [6.07, 6.45) is 5.20. The SMILES string of the molecule is CCCCCNc1nccc(Nc2cc(OC)c(OC)c(OC)c2)n1. The Bertz CT molecular complexity index is 654. The standard InChI is InChI=1S/C18H26N4O3/c1-5-6-7-9-19-18-20-10-8-16(22-18)21-13-11-14(23-2)17(25-4)15(12-13)24-3/h8,10-12H,5-7,9H2,1-4H3,(H2,19,20,21,22). The van der Waals surface area contributed by atoms with E-state index in [2.05, 4.69) is 27.5 Å². The van der Waals surface area contributed by atoms with Crippen molar-refractivity contribution in [3.05, 3.63) is 24.4 Å². The van der Waals surface area contributed by atoms with Gasteiger partial charge in [0, 0.05) is 30.6 Å². The van der Waals surface area contributed by atoms with Gasteiger partial charge in [0.25, 0.3) is 0 Å². The minimum absolute atomic E-state index is 0.552. The van der Waals surface area contributed by atoms with Crippen molar-refractivity contribution >= 4 is 17.5 Å². The molecule has 0 spiro atoms. The molecule has 2 rings (SSSR count). The molecule has 0 saturated carbocycles. The van der Waals surface area contributed by atoms with Crippen LogP contribution in [0, 0.1) is 0 Å². The zero-order valence-electron chi connectivity index (χ0n) is 15.3. The molecule has 2 aromatic rings. The smallest absolute Gasteiger partial charge is 0.224 e. The van der Waals surface area contributed by atoms with Crippen molar-refractivity contribution in [2.45, 2.75) is 26.2 Å². The topological polar surface area (TPSA) is 77.5 Å². The first-order valence-electron chi connectivity index (χ1n) is 8.35. The molecule has 1 heterocycles. The molecule has 25 heavy (non-hydrogen) atoms. The number of ether oxygens (including phenoxy) is 3. The van der Waals surface area contributed by atoms with Gasteiger partial charge in [-0.25, -0.2) is 4.98 Å². The van der Waals surface area contributed by atoms with E-state index in [4.69, 9.17) is 14.2 Å². The maximum Gasteiger partial charge on any atom is 0.224 e. The van der Waals surface area contributed by atoms with Gasteiger partial charge in [0.15, 0.2) is 11.5 Å². The number of unbranched alkanes of at least 4 members (excludes halogenated alkanes) is 2. The zero-order valence-corrected chi connectivity index (χ0v) is 15.3. The van der Waals surface area contributed by atoms with Crippen LogP contribution in [0.25, 0.3) is 0 Å². The fraction of sp³-hybridized carbons (Fsp3) is 0.444. The van der Waals surface area contributed by atoms with Crippen LogP contribution in [-0.4, -0.2) is 37.8 Å². The average Bonchev–Trinajstić information content (AvgIpc) is 2.64. The molecule has 136 valence electrons. The third-order valence-electron chi connectivity index (χ3n) is 3.66. The van der Waals surface area contributed by atoms with Gasteiger partial charge < -0.3 is 24.8 Å². The number of nitrogens with zero attached hydrogens (tertiary/aromatic N) is 2. The van der Waals surface area contributed by atoms with Gasteiger partial charge in [0.1, 0.15) is 5.82 Å². The highest BCUT2D eigenvalue weighted by molar-refractivity contribution is 5.66. The highest BCUT2D eigenvalue weighted by Crippen LogP contribution is 2.40. The van der Waals surface area contributed by atoms with E-state index < -0.39 is 0 Å². The van der Waals surface area contributed by atoms with Gasteiger partial charge in [0.2, 0.25) is 11.7 Å². The highest BCUT2D eigenvalue weighted by atomic mass is 16.5. The fourth-order valence-electron chi connectivity index (χ4n) is 2.39. The molecule has 0 unspecified atom stereocenters. The second-order valence-electron chi connectivity index (χ2n) is 5.44. The molecule has 0 fully saturated rings. The molecule has 0 aliphatic heterocycles. The van der Waals surface area contributed by atoms with Gasteiger partial charge in [-0.3, -0.25) is 0 Å². The zero-order chi connectivity index (χ0) is 18.1. The normalized spacial score (nSPS) is 10.2. The van der Waals surface area contributed by atoms with Crippen LogP contribution in [0.4, 0.5) is 17.5 Å². The number of rotatable bonds is 10. The van der Waals surface area contributed by atoms with Crippen molar-refractivity contribution in [2.24, 2.45) is 0 Å². The molecule has 0 amide bonds. The Morgan fingerprint density at radius 2 is 1.72 bits per heavy atom. The second-order valence-corrected chi connectivity index (χ2v) is 5.44. The summed E-state index contributed by atoms with van der Waals surface area (Å²) in [6, 6.07) is 5.47. The van der Waals surface area contributed by atoms with E-state index in [0.29, 0.717) is 29.0 Å². The first kappa shape index (κ1) is 18.6. The van der Waals surface area contributed by atoms with Crippen LogP contribution < -0.4 is 24.8 Å². The fourth-order valence-corrected chi connectivity index (χ4v) is 2.39. The van der Waals surface area contributed by atoms with Crippen molar-refractivity contribution in [2.75, 3.05) is 38.5 Å². The maximum absolute atomic E-state index is 5.37. The Labute approximate surface area is 148 Å². The third kappa shape index (κ3) is 5.14. The van der Waals surface area contributed by atoms with Crippen LogP contribution in [0.2, 0.25) is 0 Å². The van der Waals surface area contributed by atoms with Crippen LogP contribution in [0.5, 0.6) is 17.2 Å². The minimum Gasteiger partial charge on any atom is -0.493 e. The lowest BCUT2D eigenvalue weighted by Crippen LogP contribution is -2.06. The van der Waals surface area contributed by atoms with E-state index >= 15 is 0 Å². The molecule has 0 saturated heterocycles. The van der Waals surface area contributed by atoms with E-state index in [0.717, 1.165) is 18.7 Å². The van der Waals surface area contributed by atoms with E-state index in [-0.39, 0.29) is 0 Å². The van der Waals surface area contributed by atoms with Gasteiger partial charge >= 0.3 is 0 Å². The summed E-state index contributed by atoms with van der Waals surface area (Å²) in [6.45, 7) is 3.04. The summed E-state index contributed by atoms with van der Waals surface area (Å²) in [5.74, 6) is 3.00. The van der Waals surface area contributed by atoms with Gasteiger partial charge in [-0.1, -0.05) is 19.8 Å². The summed E-state index contributed by atoms with van der Waals surface area (Å²) in [5, 5.41) is 6.48. The van der Waals surface area contributed by atoms with Gasteiger partial charge in [-0.15, -0.1) is 0 Å². The van der Waals surface area contributed by atoms with Gasteiger partial charge in [0.05, 0.1) is 21.3 Å². The molecule has 0 aliphatic carbocycles. The van der Waals surface area contributed by atoms with Crippen molar-refractivity contribution in [3.63, 3.8) is 0 Å². The van der Waals surface area contributed by atoms with Crippen LogP contribution in [0.3, 0.4) is 0 Å².